The Bertz CT molecular complexity index is 344. The molecule has 5 heteroatoms. The standard InChI is InChI=1S/C17H34N2O3/c1-8-11-19(12-9-2)15(20)14(13(4)10-3)18-16(21)22-17(5,6)7/h13-14H,8-12H2,1-7H3,(H,18,21). The predicted molar refractivity (Wildman–Crippen MR) is 89.8 cm³/mol. The molecule has 2 unspecified atom stereocenters. The molecule has 130 valence electrons. The van der Waals surface area contributed by atoms with E-state index in [1.54, 1.807) is 0 Å². The minimum absolute atomic E-state index is 0.0103. The number of hydrogen-bond donors (Lipinski definition) is 1. The van der Waals surface area contributed by atoms with Crippen LogP contribution in [0.5, 0.6) is 0 Å². The van der Waals surface area contributed by atoms with E-state index in [0.717, 1.165) is 32.4 Å². The van der Waals surface area contributed by atoms with E-state index in [1.807, 2.05) is 39.5 Å². The molecule has 0 aromatic carbocycles. The van der Waals surface area contributed by atoms with Gasteiger partial charge in [0, 0.05) is 13.1 Å². The zero-order chi connectivity index (χ0) is 17.3. The average molecular weight is 314 g/mol. The van der Waals surface area contributed by atoms with Crippen LogP contribution in [0.1, 0.15) is 67.7 Å². The number of carbonyl (C=O) groups is 2. The van der Waals surface area contributed by atoms with E-state index in [9.17, 15) is 9.59 Å². The van der Waals surface area contributed by atoms with Gasteiger partial charge in [-0.05, 0) is 39.5 Å². The smallest absolute Gasteiger partial charge is 0.408 e. The van der Waals surface area contributed by atoms with Crippen molar-refractivity contribution in [1.29, 1.82) is 0 Å². The fourth-order valence-electron chi connectivity index (χ4n) is 2.19. The normalized spacial score (nSPS) is 14.1. The molecule has 1 N–H and O–H groups in total. The van der Waals surface area contributed by atoms with Crippen molar-refractivity contribution in [2.75, 3.05) is 13.1 Å². The molecule has 2 atom stereocenters. The van der Waals surface area contributed by atoms with Crippen molar-refractivity contribution < 1.29 is 14.3 Å². The first-order valence-electron chi connectivity index (χ1n) is 8.44. The second-order valence-electron chi connectivity index (χ2n) is 6.83. The maximum atomic E-state index is 12.8. The van der Waals surface area contributed by atoms with Crippen LogP contribution in [0.2, 0.25) is 0 Å². The Morgan fingerprint density at radius 3 is 1.95 bits per heavy atom. The summed E-state index contributed by atoms with van der Waals surface area (Å²) < 4.78 is 5.29. The monoisotopic (exact) mass is 314 g/mol. The van der Waals surface area contributed by atoms with Crippen LogP contribution < -0.4 is 5.32 Å². The maximum absolute atomic E-state index is 12.8. The molecule has 0 bridgehead atoms. The number of rotatable bonds is 8. The van der Waals surface area contributed by atoms with Crippen LogP contribution in [0.3, 0.4) is 0 Å². The van der Waals surface area contributed by atoms with Gasteiger partial charge in [-0.1, -0.05) is 34.1 Å². The highest BCUT2D eigenvalue weighted by Gasteiger charge is 2.30. The van der Waals surface area contributed by atoms with Crippen molar-refractivity contribution in [1.82, 2.24) is 10.2 Å². The van der Waals surface area contributed by atoms with Crippen molar-refractivity contribution in [2.45, 2.75) is 79.4 Å². The minimum Gasteiger partial charge on any atom is -0.444 e. The van der Waals surface area contributed by atoms with E-state index >= 15 is 0 Å². The third-order valence-corrected chi connectivity index (χ3v) is 3.45. The van der Waals surface area contributed by atoms with Gasteiger partial charge in [0.15, 0.2) is 0 Å². The van der Waals surface area contributed by atoms with Gasteiger partial charge in [0.05, 0.1) is 0 Å². The molecule has 2 amide bonds. The molecule has 0 rings (SSSR count). The second-order valence-corrected chi connectivity index (χ2v) is 6.83. The van der Waals surface area contributed by atoms with Gasteiger partial charge in [-0.3, -0.25) is 4.79 Å². The molecule has 5 nitrogen and oxygen atoms in total. The summed E-state index contributed by atoms with van der Waals surface area (Å²) in [5, 5.41) is 2.77. The Balaban J connectivity index is 5.02. The van der Waals surface area contributed by atoms with Gasteiger partial charge in [0.1, 0.15) is 11.6 Å². The van der Waals surface area contributed by atoms with E-state index in [4.69, 9.17) is 4.74 Å². The number of alkyl carbamates (subject to hydrolysis) is 1. The Labute approximate surface area is 135 Å². The van der Waals surface area contributed by atoms with Gasteiger partial charge in [-0.2, -0.15) is 0 Å². The van der Waals surface area contributed by atoms with Crippen LogP contribution in [-0.2, 0) is 9.53 Å². The van der Waals surface area contributed by atoms with E-state index in [-0.39, 0.29) is 11.8 Å². The molecular formula is C17H34N2O3. The highest BCUT2D eigenvalue weighted by Crippen LogP contribution is 2.14. The number of carbonyl (C=O) groups excluding carboxylic acids is 2. The number of hydrogen-bond acceptors (Lipinski definition) is 3. The van der Waals surface area contributed by atoms with Crippen LogP contribution >= 0.6 is 0 Å². The van der Waals surface area contributed by atoms with Crippen molar-refractivity contribution >= 4 is 12.0 Å². The first-order valence-corrected chi connectivity index (χ1v) is 8.44. The van der Waals surface area contributed by atoms with Gasteiger partial charge >= 0.3 is 6.09 Å². The quantitative estimate of drug-likeness (QED) is 0.745. The number of nitrogens with one attached hydrogen (secondary N) is 1. The molecule has 0 heterocycles. The van der Waals surface area contributed by atoms with Gasteiger partial charge < -0.3 is 15.0 Å². The molecule has 0 aromatic heterocycles. The van der Waals surface area contributed by atoms with Gasteiger partial charge in [0.2, 0.25) is 5.91 Å². The summed E-state index contributed by atoms with van der Waals surface area (Å²) in [4.78, 5) is 26.7. The zero-order valence-electron chi connectivity index (χ0n) is 15.4. The Morgan fingerprint density at radius 2 is 1.59 bits per heavy atom. The third-order valence-electron chi connectivity index (χ3n) is 3.45. The molecule has 0 saturated carbocycles. The summed E-state index contributed by atoms with van der Waals surface area (Å²) >= 11 is 0. The van der Waals surface area contributed by atoms with Gasteiger partial charge in [-0.25, -0.2) is 4.79 Å². The van der Waals surface area contributed by atoms with Crippen LogP contribution in [0.4, 0.5) is 4.79 Å². The SMILES string of the molecule is CCCN(CCC)C(=O)C(NC(=O)OC(C)(C)C)C(C)CC. The third kappa shape index (κ3) is 7.66. The average Bonchev–Trinajstić information content (AvgIpc) is 2.41. The molecule has 22 heavy (non-hydrogen) atoms. The van der Waals surface area contributed by atoms with Crippen molar-refractivity contribution in [3.05, 3.63) is 0 Å². The first-order chi connectivity index (χ1) is 10.2. The van der Waals surface area contributed by atoms with Crippen LogP contribution in [0.15, 0.2) is 0 Å². The molecule has 0 radical (unpaired) electrons. The lowest BCUT2D eigenvalue weighted by Gasteiger charge is -2.31. The van der Waals surface area contributed by atoms with Gasteiger partial charge in [-0.15, -0.1) is 0 Å². The summed E-state index contributed by atoms with van der Waals surface area (Å²) in [5.74, 6) is 0.0557. The van der Waals surface area contributed by atoms with E-state index < -0.39 is 17.7 Å². The highest BCUT2D eigenvalue weighted by atomic mass is 16.6. The maximum Gasteiger partial charge on any atom is 0.408 e. The number of amides is 2. The van der Waals surface area contributed by atoms with Crippen molar-refractivity contribution in [3.63, 3.8) is 0 Å². The van der Waals surface area contributed by atoms with E-state index in [0.29, 0.717) is 0 Å². The lowest BCUT2D eigenvalue weighted by molar-refractivity contribution is -0.134. The Morgan fingerprint density at radius 1 is 1.09 bits per heavy atom. The van der Waals surface area contributed by atoms with Crippen LogP contribution in [-0.4, -0.2) is 41.6 Å². The van der Waals surface area contributed by atoms with E-state index in [1.165, 1.54) is 0 Å². The lowest BCUT2D eigenvalue weighted by Crippen LogP contribution is -2.53. The highest BCUT2D eigenvalue weighted by molar-refractivity contribution is 5.86. The topological polar surface area (TPSA) is 58.6 Å². The van der Waals surface area contributed by atoms with Crippen molar-refractivity contribution in [2.24, 2.45) is 5.92 Å². The fraction of sp³-hybridized carbons (Fsp3) is 0.882. The summed E-state index contributed by atoms with van der Waals surface area (Å²) in [7, 11) is 0. The molecule has 0 aliphatic heterocycles. The second kappa shape index (κ2) is 9.70. The Hall–Kier alpha value is -1.26. The lowest BCUT2D eigenvalue weighted by atomic mass is 9.97. The molecule has 0 spiro atoms. The van der Waals surface area contributed by atoms with Crippen LogP contribution in [0.25, 0.3) is 0 Å². The molecule has 0 saturated heterocycles. The molecular weight excluding hydrogens is 280 g/mol. The molecule has 0 fully saturated rings. The molecule has 0 aliphatic rings. The van der Waals surface area contributed by atoms with E-state index in [2.05, 4.69) is 19.2 Å². The molecule has 0 aromatic rings. The van der Waals surface area contributed by atoms with Gasteiger partial charge in [0.25, 0.3) is 0 Å². The number of ether oxygens (including phenoxy) is 1. The summed E-state index contributed by atoms with van der Waals surface area (Å²) in [6.07, 6.45) is 2.11. The fourth-order valence-corrected chi connectivity index (χ4v) is 2.19. The van der Waals surface area contributed by atoms with Crippen molar-refractivity contribution in [3.8, 4) is 0 Å². The largest absolute Gasteiger partial charge is 0.444 e. The summed E-state index contributed by atoms with van der Waals surface area (Å²) in [5.41, 5.74) is -0.570. The predicted octanol–water partition coefficient (Wildman–Crippen LogP) is 3.57. The molecule has 0 aliphatic carbocycles. The number of nitrogens with zero attached hydrogens (tertiary/aromatic N) is 1. The summed E-state index contributed by atoms with van der Waals surface area (Å²) in [6.45, 7) is 15.0. The zero-order valence-corrected chi connectivity index (χ0v) is 15.4. The Kier molecular flexibility index (Phi) is 9.14. The minimum atomic E-state index is -0.570. The first kappa shape index (κ1) is 20.7. The van der Waals surface area contributed by atoms with Crippen LogP contribution in [0, 0.1) is 5.92 Å². The summed E-state index contributed by atoms with van der Waals surface area (Å²) in [6, 6.07) is -0.530.